The van der Waals surface area contributed by atoms with Crippen molar-refractivity contribution in [1.82, 2.24) is 4.90 Å². The molecule has 0 spiro atoms. The number of carbonyl (C=O) groups excluding carboxylic acids is 1. The first kappa shape index (κ1) is 15.3. The van der Waals surface area contributed by atoms with Crippen LogP contribution in [0, 0.1) is 6.92 Å². The van der Waals surface area contributed by atoms with Crippen molar-refractivity contribution >= 4 is 11.6 Å². The smallest absolute Gasteiger partial charge is 0.399 e. The molecule has 1 aromatic rings. The summed E-state index contributed by atoms with van der Waals surface area (Å²) in [5, 5.41) is 0. The molecule has 0 heterocycles. The topological polar surface area (TPSA) is 46.3 Å². The van der Waals surface area contributed by atoms with Crippen LogP contribution in [0.15, 0.2) is 18.2 Å². The van der Waals surface area contributed by atoms with Crippen molar-refractivity contribution in [3.8, 4) is 0 Å². The van der Waals surface area contributed by atoms with Gasteiger partial charge < -0.3 is 10.6 Å². The van der Waals surface area contributed by atoms with Gasteiger partial charge in [-0.25, -0.2) is 0 Å². The van der Waals surface area contributed by atoms with Gasteiger partial charge in [0.25, 0.3) is 5.91 Å². The van der Waals surface area contributed by atoms with Crippen LogP contribution in [0.3, 0.4) is 0 Å². The molecule has 0 saturated heterocycles. The van der Waals surface area contributed by atoms with Crippen molar-refractivity contribution in [2.24, 2.45) is 0 Å². The van der Waals surface area contributed by atoms with E-state index in [0.29, 0.717) is 11.3 Å². The second kappa shape index (κ2) is 5.50. The Labute approximate surface area is 110 Å². The standard InChI is InChI=1S/C13H17F3N2O/c1-8(2)18(7-13(14,15)16)12(19)11-6-10(17)5-4-9(11)3/h4-6,8H,7,17H2,1-3H3. The van der Waals surface area contributed by atoms with Gasteiger partial charge in [0.05, 0.1) is 0 Å². The van der Waals surface area contributed by atoms with Gasteiger partial charge in [0.2, 0.25) is 0 Å². The number of hydrogen-bond donors (Lipinski definition) is 1. The molecular formula is C13H17F3N2O. The van der Waals surface area contributed by atoms with Gasteiger partial charge in [-0.15, -0.1) is 0 Å². The Morgan fingerprint density at radius 2 is 1.95 bits per heavy atom. The minimum atomic E-state index is -4.42. The summed E-state index contributed by atoms with van der Waals surface area (Å²) in [6, 6.07) is 4.09. The molecule has 0 unspecified atom stereocenters. The summed E-state index contributed by atoms with van der Waals surface area (Å²) in [5.41, 5.74) is 6.74. The zero-order valence-electron chi connectivity index (χ0n) is 11.1. The quantitative estimate of drug-likeness (QED) is 0.861. The number of benzene rings is 1. The second-order valence-corrected chi connectivity index (χ2v) is 4.72. The predicted molar refractivity (Wildman–Crippen MR) is 67.8 cm³/mol. The van der Waals surface area contributed by atoms with Crippen LogP contribution in [-0.4, -0.2) is 29.6 Å². The summed E-state index contributed by atoms with van der Waals surface area (Å²) in [4.78, 5) is 13.0. The third-order valence-electron chi connectivity index (χ3n) is 2.73. The Balaban J connectivity index is 3.09. The van der Waals surface area contributed by atoms with Gasteiger partial charge in [0.1, 0.15) is 6.54 Å². The van der Waals surface area contributed by atoms with E-state index in [9.17, 15) is 18.0 Å². The Kier molecular flexibility index (Phi) is 4.44. The molecule has 0 bridgehead atoms. The monoisotopic (exact) mass is 274 g/mol. The average molecular weight is 274 g/mol. The zero-order valence-corrected chi connectivity index (χ0v) is 11.1. The Hall–Kier alpha value is -1.72. The van der Waals surface area contributed by atoms with Gasteiger partial charge in [0.15, 0.2) is 0 Å². The summed E-state index contributed by atoms with van der Waals surface area (Å²) in [5.74, 6) is -0.655. The molecule has 2 N–H and O–H groups in total. The highest BCUT2D eigenvalue weighted by atomic mass is 19.4. The maximum absolute atomic E-state index is 12.5. The Bertz CT molecular complexity index is 469. The number of nitrogens with zero attached hydrogens (tertiary/aromatic N) is 1. The molecule has 0 aliphatic carbocycles. The van der Waals surface area contributed by atoms with Crippen LogP contribution in [0.4, 0.5) is 18.9 Å². The predicted octanol–water partition coefficient (Wildman–Crippen LogP) is 2.99. The molecule has 0 atom stereocenters. The molecule has 106 valence electrons. The van der Waals surface area contributed by atoms with Crippen molar-refractivity contribution in [1.29, 1.82) is 0 Å². The van der Waals surface area contributed by atoms with Gasteiger partial charge in [-0.2, -0.15) is 13.2 Å². The van der Waals surface area contributed by atoms with Crippen LogP contribution < -0.4 is 5.73 Å². The zero-order chi connectivity index (χ0) is 14.8. The fourth-order valence-electron chi connectivity index (χ4n) is 1.71. The normalized spacial score (nSPS) is 11.7. The highest BCUT2D eigenvalue weighted by molar-refractivity contribution is 5.96. The number of hydrogen-bond acceptors (Lipinski definition) is 2. The van der Waals surface area contributed by atoms with E-state index >= 15 is 0 Å². The van der Waals surface area contributed by atoms with Crippen LogP contribution >= 0.6 is 0 Å². The van der Waals surface area contributed by atoms with Crippen LogP contribution in [0.2, 0.25) is 0 Å². The average Bonchev–Trinajstić information content (AvgIpc) is 2.27. The van der Waals surface area contributed by atoms with E-state index in [-0.39, 0.29) is 5.56 Å². The number of nitrogen functional groups attached to an aromatic ring is 1. The maximum Gasteiger partial charge on any atom is 0.406 e. The summed E-state index contributed by atoms with van der Waals surface area (Å²) < 4.78 is 37.5. The lowest BCUT2D eigenvalue weighted by atomic mass is 10.1. The van der Waals surface area contributed by atoms with Crippen LogP contribution in [0.1, 0.15) is 29.8 Å². The molecule has 3 nitrogen and oxygen atoms in total. The first-order valence-electron chi connectivity index (χ1n) is 5.85. The molecule has 0 aliphatic rings. The first-order valence-corrected chi connectivity index (χ1v) is 5.85. The Morgan fingerprint density at radius 3 is 2.42 bits per heavy atom. The van der Waals surface area contributed by atoms with E-state index < -0.39 is 24.7 Å². The molecule has 0 radical (unpaired) electrons. The van der Waals surface area contributed by atoms with E-state index in [4.69, 9.17) is 5.73 Å². The summed E-state index contributed by atoms with van der Waals surface area (Å²) in [7, 11) is 0. The van der Waals surface area contributed by atoms with E-state index in [1.54, 1.807) is 32.9 Å². The number of anilines is 1. The van der Waals surface area contributed by atoms with Crippen molar-refractivity contribution in [3.63, 3.8) is 0 Å². The lowest BCUT2D eigenvalue weighted by Crippen LogP contribution is -2.43. The van der Waals surface area contributed by atoms with Crippen LogP contribution in [0.25, 0.3) is 0 Å². The van der Waals surface area contributed by atoms with Gasteiger partial charge in [-0.3, -0.25) is 4.79 Å². The maximum atomic E-state index is 12.5. The van der Waals surface area contributed by atoms with Gasteiger partial charge in [0, 0.05) is 17.3 Å². The van der Waals surface area contributed by atoms with Crippen molar-refractivity contribution in [2.75, 3.05) is 12.3 Å². The highest BCUT2D eigenvalue weighted by Gasteiger charge is 2.34. The molecule has 0 saturated carbocycles. The summed E-state index contributed by atoms with van der Waals surface area (Å²) in [6.07, 6.45) is -4.42. The SMILES string of the molecule is Cc1ccc(N)cc1C(=O)N(CC(F)(F)F)C(C)C. The molecule has 0 fully saturated rings. The lowest BCUT2D eigenvalue weighted by molar-refractivity contribution is -0.143. The van der Waals surface area contributed by atoms with Crippen LogP contribution in [0.5, 0.6) is 0 Å². The van der Waals surface area contributed by atoms with Crippen molar-refractivity contribution in [3.05, 3.63) is 29.3 Å². The number of aryl methyl sites for hydroxylation is 1. The highest BCUT2D eigenvalue weighted by Crippen LogP contribution is 2.22. The van der Waals surface area contributed by atoms with Gasteiger partial charge >= 0.3 is 6.18 Å². The number of amides is 1. The number of alkyl halides is 3. The van der Waals surface area contributed by atoms with E-state index in [1.165, 1.54) is 6.07 Å². The summed E-state index contributed by atoms with van der Waals surface area (Å²) in [6.45, 7) is 3.49. The first-order chi connectivity index (χ1) is 8.61. The van der Waals surface area contributed by atoms with Gasteiger partial charge in [-0.1, -0.05) is 6.07 Å². The largest absolute Gasteiger partial charge is 0.406 e. The number of nitrogens with two attached hydrogens (primary N) is 1. The van der Waals surface area contributed by atoms with E-state index in [0.717, 1.165) is 4.90 Å². The third-order valence-corrected chi connectivity index (χ3v) is 2.73. The second-order valence-electron chi connectivity index (χ2n) is 4.72. The molecule has 1 amide bonds. The number of rotatable bonds is 3. The van der Waals surface area contributed by atoms with Gasteiger partial charge in [-0.05, 0) is 38.5 Å². The molecular weight excluding hydrogens is 257 g/mol. The fourth-order valence-corrected chi connectivity index (χ4v) is 1.71. The molecule has 0 aromatic heterocycles. The summed E-state index contributed by atoms with van der Waals surface area (Å²) >= 11 is 0. The lowest BCUT2D eigenvalue weighted by Gasteiger charge is -2.28. The molecule has 1 aromatic carbocycles. The van der Waals surface area contributed by atoms with E-state index in [1.807, 2.05) is 0 Å². The molecule has 1 rings (SSSR count). The number of carbonyl (C=O) groups is 1. The minimum absolute atomic E-state index is 0.206. The third kappa shape index (κ3) is 4.15. The Morgan fingerprint density at radius 1 is 1.37 bits per heavy atom. The van der Waals surface area contributed by atoms with Crippen molar-refractivity contribution in [2.45, 2.75) is 33.0 Å². The molecule has 0 aliphatic heterocycles. The van der Waals surface area contributed by atoms with E-state index in [2.05, 4.69) is 0 Å². The molecule has 6 heteroatoms. The number of halogens is 3. The molecule has 19 heavy (non-hydrogen) atoms. The minimum Gasteiger partial charge on any atom is -0.399 e. The van der Waals surface area contributed by atoms with Crippen molar-refractivity contribution < 1.29 is 18.0 Å². The van der Waals surface area contributed by atoms with Crippen LogP contribution in [-0.2, 0) is 0 Å². The fraction of sp³-hybridized carbons (Fsp3) is 0.462.